The van der Waals surface area contributed by atoms with Crippen molar-refractivity contribution in [2.75, 3.05) is 25.0 Å². The molecule has 1 atom stereocenters. The van der Waals surface area contributed by atoms with Gasteiger partial charge in [-0.2, -0.15) is 5.10 Å². The van der Waals surface area contributed by atoms with Gasteiger partial charge in [0.1, 0.15) is 11.1 Å². The number of benzene rings is 1. The van der Waals surface area contributed by atoms with Crippen LogP contribution in [-0.2, 0) is 11.8 Å². The highest BCUT2D eigenvalue weighted by Gasteiger charge is 2.32. The number of amides is 1. The molecule has 1 fully saturated rings. The van der Waals surface area contributed by atoms with E-state index in [1.54, 1.807) is 29.0 Å². The fraction of sp³-hybridized carbons (Fsp3) is 0.385. The van der Waals surface area contributed by atoms with Crippen molar-refractivity contribution < 1.29 is 13.9 Å². The predicted molar refractivity (Wildman–Crippen MR) is 134 cm³/mol. The molecule has 0 spiro atoms. The maximum atomic E-state index is 14.6. The van der Waals surface area contributed by atoms with E-state index in [2.05, 4.69) is 20.0 Å². The predicted octanol–water partition coefficient (Wildman–Crippen LogP) is 4.77. The highest BCUT2D eigenvalue weighted by atomic mass is 19.1. The monoisotopic (exact) mass is 476 g/mol. The number of aromatic nitrogens is 4. The van der Waals surface area contributed by atoms with Crippen LogP contribution in [0.2, 0.25) is 0 Å². The SMILES string of the molecule is CN(c1cnc2nc(-c3cc(F)c4nn(C)cc4c3)ccc2c1)[C@@H]1CCN(C(=O)OC(C)(C)C)C1. The number of ether oxygens (including phenoxy) is 1. The van der Waals surface area contributed by atoms with Crippen molar-refractivity contribution in [2.24, 2.45) is 7.05 Å². The second-order valence-electron chi connectivity index (χ2n) is 10.1. The van der Waals surface area contributed by atoms with Crippen LogP contribution in [0, 0.1) is 5.82 Å². The fourth-order valence-electron chi connectivity index (χ4n) is 4.47. The normalized spacial score (nSPS) is 16.3. The van der Waals surface area contributed by atoms with E-state index >= 15 is 0 Å². The third kappa shape index (κ3) is 4.62. The zero-order chi connectivity index (χ0) is 24.9. The highest BCUT2D eigenvalue weighted by Crippen LogP contribution is 2.28. The molecule has 1 saturated heterocycles. The summed E-state index contributed by atoms with van der Waals surface area (Å²) in [5.41, 5.74) is 2.71. The molecule has 4 heterocycles. The largest absolute Gasteiger partial charge is 0.444 e. The molecule has 1 aliphatic heterocycles. The van der Waals surface area contributed by atoms with Gasteiger partial charge in [-0.3, -0.25) is 4.68 Å². The van der Waals surface area contributed by atoms with Gasteiger partial charge in [0.15, 0.2) is 11.5 Å². The van der Waals surface area contributed by atoms with Gasteiger partial charge in [0.2, 0.25) is 0 Å². The van der Waals surface area contributed by atoms with Gasteiger partial charge in [0, 0.05) is 55.8 Å². The van der Waals surface area contributed by atoms with E-state index in [0.29, 0.717) is 35.5 Å². The van der Waals surface area contributed by atoms with E-state index in [1.165, 1.54) is 6.07 Å². The van der Waals surface area contributed by atoms with Crippen molar-refractivity contribution >= 4 is 33.7 Å². The Morgan fingerprint density at radius 1 is 1.20 bits per heavy atom. The quantitative estimate of drug-likeness (QED) is 0.424. The summed E-state index contributed by atoms with van der Waals surface area (Å²) >= 11 is 0. The fourth-order valence-corrected chi connectivity index (χ4v) is 4.47. The first kappa shape index (κ1) is 23.0. The minimum Gasteiger partial charge on any atom is -0.444 e. The summed E-state index contributed by atoms with van der Waals surface area (Å²) in [7, 11) is 3.78. The standard InChI is InChI=1S/C26H29FN6O2/c1-26(2,3)35-25(34)33-9-8-19(15-33)32(5)20-11-16-6-7-22(29-24(16)28-13-20)17-10-18-14-31(4)30-23(18)21(27)12-17/h6-7,10-14,19H,8-9,15H2,1-5H3/t19-/m1/s1. The van der Waals surface area contributed by atoms with Crippen molar-refractivity contribution in [3.05, 3.63) is 48.5 Å². The number of hydrogen-bond donors (Lipinski definition) is 0. The molecule has 1 aromatic carbocycles. The van der Waals surface area contributed by atoms with Gasteiger partial charge in [-0.1, -0.05) is 0 Å². The van der Waals surface area contributed by atoms with Crippen LogP contribution in [0.3, 0.4) is 0 Å². The van der Waals surface area contributed by atoms with Crippen LogP contribution in [0.4, 0.5) is 14.9 Å². The number of hydrogen-bond acceptors (Lipinski definition) is 6. The molecule has 1 aliphatic rings. The van der Waals surface area contributed by atoms with Crippen molar-refractivity contribution in [1.82, 2.24) is 24.6 Å². The van der Waals surface area contributed by atoms with Crippen LogP contribution in [0.15, 0.2) is 42.7 Å². The molecule has 5 rings (SSSR count). The van der Waals surface area contributed by atoms with E-state index in [1.807, 2.05) is 52.1 Å². The Balaban J connectivity index is 1.35. The number of carbonyl (C=O) groups excluding carboxylic acids is 1. The van der Waals surface area contributed by atoms with Gasteiger partial charge < -0.3 is 14.5 Å². The number of rotatable bonds is 3. The molecule has 8 nitrogen and oxygen atoms in total. The molecule has 9 heteroatoms. The lowest BCUT2D eigenvalue weighted by Crippen LogP contribution is -2.39. The van der Waals surface area contributed by atoms with Crippen LogP contribution < -0.4 is 4.90 Å². The van der Waals surface area contributed by atoms with E-state index in [0.717, 1.165) is 22.9 Å². The second kappa shape index (κ2) is 8.48. The van der Waals surface area contributed by atoms with Crippen molar-refractivity contribution in [3.63, 3.8) is 0 Å². The molecule has 1 amide bonds. The van der Waals surface area contributed by atoms with E-state index < -0.39 is 5.60 Å². The van der Waals surface area contributed by atoms with Gasteiger partial charge in [-0.05, 0) is 57.5 Å². The van der Waals surface area contributed by atoms with Crippen LogP contribution >= 0.6 is 0 Å². The number of likely N-dealkylation sites (N-methyl/N-ethyl adjacent to an activating group) is 1. The summed E-state index contributed by atoms with van der Waals surface area (Å²) in [4.78, 5) is 25.6. The molecular formula is C26H29FN6O2. The van der Waals surface area contributed by atoms with Gasteiger partial charge >= 0.3 is 6.09 Å². The molecule has 0 aliphatic carbocycles. The molecule has 0 N–H and O–H groups in total. The molecule has 0 radical (unpaired) electrons. The maximum Gasteiger partial charge on any atom is 0.410 e. The van der Waals surface area contributed by atoms with E-state index in [9.17, 15) is 9.18 Å². The number of likely N-dealkylation sites (tertiary alicyclic amines) is 1. The van der Waals surface area contributed by atoms with E-state index in [-0.39, 0.29) is 18.0 Å². The first-order valence-corrected chi connectivity index (χ1v) is 11.7. The number of aryl methyl sites for hydroxylation is 1. The van der Waals surface area contributed by atoms with Crippen molar-refractivity contribution in [1.29, 1.82) is 0 Å². The summed E-state index contributed by atoms with van der Waals surface area (Å²) in [6, 6.07) is 9.39. The summed E-state index contributed by atoms with van der Waals surface area (Å²) in [6.45, 7) is 6.88. The third-order valence-electron chi connectivity index (χ3n) is 6.27. The zero-order valence-electron chi connectivity index (χ0n) is 20.6. The molecule has 35 heavy (non-hydrogen) atoms. The van der Waals surface area contributed by atoms with Gasteiger partial charge in [0.25, 0.3) is 0 Å². The van der Waals surface area contributed by atoms with Crippen molar-refractivity contribution in [2.45, 2.75) is 38.8 Å². The lowest BCUT2D eigenvalue weighted by molar-refractivity contribution is 0.0292. The lowest BCUT2D eigenvalue weighted by atomic mass is 10.1. The Morgan fingerprint density at radius 3 is 2.77 bits per heavy atom. The zero-order valence-corrected chi connectivity index (χ0v) is 20.6. The Labute approximate surface area is 203 Å². The number of anilines is 1. The maximum absolute atomic E-state index is 14.6. The molecular weight excluding hydrogens is 447 g/mol. The van der Waals surface area contributed by atoms with Gasteiger partial charge in [-0.25, -0.2) is 19.2 Å². The summed E-state index contributed by atoms with van der Waals surface area (Å²) in [5.74, 6) is -0.373. The average molecular weight is 477 g/mol. The van der Waals surface area contributed by atoms with Crippen LogP contribution in [0.25, 0.3) is 33.2 Å². The Hall–Kier alpha value is -3.75. The topological polar surface area (TPSA) is 76.4 Å². The highest BCUT2D eigenvalue weighted by molar-refractivity contribution is 5.86. The number of nitrogens with zero attached hydrogens (tertiary/aromatic N) is 6. The molecule has 4 aromatic rings. The summed E-state index contributed by atoms with van der Waals surface area (Å²) in [6.07, 6.45) is 4.16. The first-order chi connectivity index (χ1) is 16.6. The number of carbonyl (C=O) groups is 1. The molecule has 0 unspecified atom stereocenters. The minimum atomic E-state index is -0.509. The Bertz CT molecular complexity index is 1430. The first-order valence-electron chi connectivity index (χ1n) is 11.7. The van der Waals surface area contributed by atoms with Gasteiger partial charge in [0.05, 0.1) is 17.6 Å². The van der Waals surface area contributed by atoms with Crippen LogP contribution in [-0.4, -0.2) is 62.5 Å². The van der Waals surface area contributed by atoms with Crippen LogP contribution in [0.5, 0.6) is 0 Å². The van der Waals surface area contributed by atoms with Crippen LogP contribution in [0.1, 0.15) is 27.2 Å². The molecule has 0 saturated carbocycles. The molecule has 182 valence electrons. The molecule has 3 aromatic heterocycles. The van der Waals surface area contributed by atoms with E-state index in [4.69, 9.17) is 4.74 Å². The smallest absolute Gasteiger partial charge is 0.410 e. The Kier molecular flexibility index (Phi) is 5.57. The average Bonchev–Trinajstić information content (AvgIpc) is 3.43. The molecule has 0 bridgehead atoms. The number of fused-ring (bicyclic) bond motifs is 2. The lowest BCUT2D eigenvalue weighted by Gasteiger charge is -2.28. The van der Waals surface area contributed by atoms with Crippen molar-refractivity contribution in [3.8, 4) is 11.3 Å². The minimum absolute atomic E-state index is 0.170. The second-order valence-corrected chi connectivity index (χ2v) is 10.1. The van der Waals surface area contributed by atoms with Gasteiger partial charge in [-0.15, -0.1) is 0 Å². The number of halogens is 1. The summed E-state index contributed by atoms with van der Waals surface area (Å²) < 4.78 is 21.7. The Morgan fingerprint density at radius 2 is 2.00 bits per heavy atom. The number of pyridine rings is 2. The third-order valence-corrected chi connectivity index (χ3v) is 6.27. The summed E-state index contributed by atoms with van der Waals surface area (Å²) in [5, 5.41) is 5.78.